The molecule has 0 saturated carbocycles. The van der Waals surface area contributed by atoms with Gasteiger partial charge in [-0.1, -0.05) is 95.1 Å². The van der Waals surface area contributed by atoms with Gasteiger partial charge in [0.1, 0.15) is 0 Å². The number of fused-ring (bicyclic) bond motifs is 2. The van der Waals surface area contributed by atoms with Gasteiger partial charge in [0.2, 0.25) is 0 Å². The van der Waals surface area contributed by atoms with Crippen molar-refractivity contribution in [2.45, 2.75) is 66.5 Å². The van der Waals surface area contributed by atoms with Gasteiger partial charge in [-0.15, -0.1) is 68.6 Å². The Morgan fingerprint density at radius 2 is 1.34 bits per heavy atom. The molecular weight excluding hydrogens is 599 g/mol. The van der Waals surface area contributed by atoms with E-state index >= 15 is 0 Å². The predicted molar refractivity (Wildman–Crippen MR) is 160 cm³/mol. The number of aryl methyl sites for hydroxylation is 2. The molecule has 0 N–H and O–H groups in total. The molecule has 5 aromatic carbocycles. The van der Waals surface area contributed by atoms with Crippen LogP contribution in [0.5, 0.6) is 0 Å². The number of benzene rings is 3. The van der Waals surface area contributed by atoms with Gasteiger partial charge < -0.3 is 24.8 Å². The summed E-state index contributed by atoms with van der Waals surface area (Å²) < 4.78 is 0. The van der Waals surface area contributed by atoms with Crippen molar-refractivity contribution in [2.24, 2.45) is 0 Å². The molecule has 5 aromatic rings. The van der Waals surface area contributed by atoms with E-state index in [0.717, 1.165) is 0 Å². The van der Waals surface area contributed by atoms with Gasteiger partial charge in [0.05, 0.1) is 0 Å². The third-order valence-corrected chi connectivity index (χ3v) is 6.43. The van der Waals surface area contributed by atoms with Crippen molar-refractivity contribution in [1.82, 2.24) is 0 Å². The molecule has 0 amide bonds. The molecule has 0 saturated heterocycles. The van der Waals surface area contributed by atoms with Crippen molar-refractivity contribution in [1.29, 1.82) is 0 Å². The fraction of sp³-hybridized carbons (Fsp3) is 0.294. The van der Waals surface area contributed by atoms with Gasteiger partial charge in [-0.2, -0.15) is 12.1 Å². The molecule has 0 spiro atoms. The molecule has 200 valence electrons. The van der Waals surface area contributed by atoms with Crippen LogP contribution in [0.25, 0.3) is 32.7 Å². The van der Waals surface area contributed by atoms with Gasteiger partial charge in [0.25, 0.3) is 0 Å². The summed E-state index contributed by atoms with van der Waals surface area (Å²) in [5.41, 5.74) is 8.46. The summed E-state index contributed by atoms with van der Waals surface area (Å²) >= 11 is 1.74. The topological polar surface area (TPSA) is 0 Å². The van der Waals surface area contributed by atoms with Crippen molar-refractivity contribution in [2.75, 3.05) is 0 Å². The molecule has 38 heavy (non-hydrogen) atoms. The van der Waals surface area contributed by atoms with Gasteiger partial charge in [0.15, 0.2) is 0 Å². The Balaban J connectivity index is 0.000000321. The number of halogens is 2. The molecule has 0 radical (unpaired) electrons. The Morgan fingerprint density at radius 3 is 1.92 bits per heavy atom. The summed E-state index contributed by atoms with van der Waals surface area (Å²) in [7, 11) is 0. The van der Waals surface area contributed by atoms with E-state index in [2.05, 4.69) is 140 Å². The van der Waals surface area contributed by atoms with Gasteiger partial charge >= 0.3 is 41.9 Å². The monoisotopic (exact) mass is 636 g/mol. The van der Waals surface area contributed by atoms with Gasteiger partial charge in [-0.25, -0.2) is 0 Å². The quantitative estimate of drug-likeness (QED) is 0.203. The van der Waals surface area contributed by atoms with Crippen LogP contribution in [0, 0.1) is 13.8 Å². The van der Waals surface area contributed by atoms with E-state index in [1.54, 1.807) is 23.3 Å². The average Bonchev–Trinajstić information content (AvgIpc) is 3.44. The van der Waals surface area contributed by atoms with E-state index in [9.17, 15) is 0 Å². The van der Waals surface area contributed by atoms with Crippen LogP contribution in [0.2, 0.25) is 13.1 Å². The summed E-state index contributed by atoms with van der Waals surface area (Å²) in [6.45, 7) is 18.0. The first-order valence-electron chi connectivity index (χ1n) is 13.0. The smallest absolute Gasteiger partial charge is 0.0279 e. The molecule has 0 unspecified atom stereocenters. The van der Waals surface area contributed by atoms with Gasteiger partial charge in [-0.3, -0.25) is 0 Å². The normalized spacial score (nSPS) is 10.3. The van der Waals surface area contributed by atoms with Crippen molar-refractivity contribution in [3.63, 3.8) is 0 Å². The Morgan fingerprint density at radius 1 is 0.711 bits per heavy atom. The van der Waals surface area contributed by atoms with Crippen LogP contribution in [0.3, 0.4) is 0 Å². The third-order valence-electron chi connectivity index (χ3n) is 6.43. The van der Waals surface area contributed by atoms with Crippen molar-refractivity contribution in [3.05, 3.63) is 107 Å². The Hall–Kier alpha value is -1.44. The van der Waals surface area contributed by atoms with E-state index < -0.39 is 0 Å². The molecule has 0 aliphatic carbocycles. The molecule has 0 heterocycles. The fourth-order valence-electron chi connectivity index (χ4n) is 4.58. The fourth-order valence-corrected chi connectivity index (χ4v) is 4.58. The average molecular weight is 639 g/mol. The van der Waals surface area contributed by atoms with E-state index in [0.29, 0.717) is 11.8 Å². The van der Waals surface area contributed by atoms with Crippen LogP contribution < -0.4 is 24.8 Å². The number of hydrogen-bond donors (Lipinski definition) is 0. The maximum absolute atomic E-state index is 2.36. The SMILES string of the molecule is CC(C)c1cc2c(C(C)C)cccc2[cH-]1.C[Si](C)=[Zr+2].Cc1cc2c(-c3ccccc3)ccc(C)c2[cH-]1.[Cl-].[Cl-]. The largest absolute Gasteiger partial charge is 1.00 e. The standard InChI is InChI=1S/C17H15.C15H19.C2H6Si.2ClH.Zr/c1-12-10-16-13(2)8-9-15(17(16)11-12)14-6-4-3-5-7-14;1-10(2)13-8-12-6-5-7-14(11(3)4)15(12)9-13;1-3-2;;;/h3-11H,1-2H3;5-11H,1-4H3;1-2H3;2*1H;/q2*-1;;;;+2/p-2. The second kappa shape index (κ2) is 16.0. The van der Waals surface area contributed by atoms with E-state index in [-0.39, 0.29) is 30.2 Å². The minimum Gasteiger partial charge on any atom is -1.00 e. The first-order chi connectivity index (χ1) is 17.1. The summed E-state index contributed by atoms with van der Waals surface area (Å²) in [6.07, 6.45) is 0. The maximum atomic E-state index is 2.36. The minimum absolute atomic E-state index is 0. The van der Waals surface area contributed by atoms with Crippen LogP contribution in [0.4, 0.5) is 0 Å². The van der Waals surface area contributed by atoms with Gasteiger partial charge in [0, 0.05) is 0 Å². The van der Waals surface area contributed by atoms with Crippen molar-refractivity contribution < 1.29 is 48.1 Å². The molecule has 0 bridgehead atoms. The molecular formula is C34H40Cl2SiZr-2. The van der Waals surface area contributed by atoms with Crippen LogP contribution in [-0.2, 0) is 23.3 Å². The van der Waals surface area contributed by atoms with E-state index in [1.807, 2.05) is 0 Å². The summed E-state index contributed by atoms with van der Waals surface area (Å²) in [5.74, 6) is 1.23. The molecule has 0 atom stereocenters. The molecule has 4 heteroatoms. The maximum Gasteiger partial charge on any atom is -0.0279 e. The minimum atomic E-state index is 0. The van der Waals surface area contributed by atoms with E-state index in [4.69, 9.17) is 0 Å². The Bertz CT molecular complexity index is 1440. The zero-order chi connectivity index (χ0) is 26.4. The van der Waals surface area contributed by atoms with Crippen LogP contribution >= 0.6 is 0 Å². The van der Waals surface area contributed by atoms with Crippen molar-refractivity contribution >= 4 is 27.0 Å². The summed E-state index contributed by atoms with van der Waals surface area (Å²) in [4.78, 5) is 0. The Labute approximate surface area is 258 Å². The third kappa shape index (κ3) is 9.06. The molecule has 0 nitrogen and oxygen atoms in total. The second-order valence-corrected chi connectivity index (χ2v) is 20.0. The van der Waals surface area contributed by atoms with Crippen LogP contribution in [0.15, 0.2) is 84.9 Å². The number of hydrogen-bond acceptors (Lipinski definition) is 0. The van der Waals surface area contributed by atoms with Crippen LogP contribution in [0.1, 0.15) is 61.8 Å². The molecule has 0 aliphatic rings. The number of rotatable bonds is 3. The van der Waals surface area contributed by atoms with Crippen LogP contribution in [-0.4, -0.2) is 5.43 Å². The van der Waals surface area contributed by atoms with Crippen molar-refractivity contribution in [3.8, 4) is 11.1 Å². The first kappa shape index (κ1) is 34.6. The Kier molecular flexibility index (Phi) is 14.5. The molecule has 0 fully saturated rings. The second-order valence-electron chi connectivity index (χ2n) is 10.6. The predicted octanol–water partition coefficient (Wildman–Crippen LogP) is 4.44. The zero-order valence-electron chi connectivity index (χ0n) is 24.0. The van der Waals surface area contributed by atoms with E-state index in [1.165, 1.54) is 54.9 Å². The molecule has 5 rings (SSSR count). The first-order valence-corrected chi connectivity index (χ1v) is 19.2. The summed E-state index contributed by atoms with van der Waals surface area (Å²) in [5, 5.41) is 5.58. The molecule has 0 aliphatic heterocycles. The van der Waals surface area contributed by atoms with Gasteiger partial charge in [-0.05, 0) is 17.4 Å². The molecule has 0 aromatic heterocycles. The zero-order valence-corrected chi connectivity index (χ0v) is 29.0. The summed E-state index contributed by atoms with van der Waals surface area (Å²) in [6, 6.07) is 30.9.